The first-order chi connectivity index (χ1) is 13.5. The third-order valence-electron chi connectivity index (χ3n) is 4.77. The molecule has 0 aliphatic carbocycles. The van der Waals surface area contributed by atoms with E-state index in [9.17, 15) is 5.11 Å². The molecule has 0 bridgehead atoms. The molecule has 3 nitrogen and oxygen atoms in total. The molecule has 0 saturated carbocycles. The highest BCUT2D eigenvalue weighted by Crippen LogP contribution is 2.43. The summed E-state index contributed by atoms with van der Waals surface area (Å²) in [5.41, 5.74) is 3.84. The summed E-state index contributed by atoms with van der Waals surface area (Å²) in [6.07, 6.45) is 0.787. The molecule has 3 aromatic carbocycles. The van der Waals surface area contributed by atoms with Crippen molar-refractivity contribution in [1.29, 1.82) is 0 Å². The highest BCUT2D eigenvalue weighted by Gasteiger charge is 2.37. The summed E-state index contributed by atoms with van der Waals surface area (Å²) in [5, 5.41) is 10.6. The number of aliphatic hydroxyl groups is 1. The first kappa shape index (κ1) is 19.7. The molecule has 28 heavy (non-hydrogen) atoms. The SMILES string of the molecule is OCc1ccc(N2C(=Nc3ccc(I)cc3)CC2c2ccc(Cl)cc2Cl)cc1. The van der Waals surface area contributed by atoms with E-state index >= 15 is 0 Å². The van der Waals surface area contributed by atoms with Crippen LogP contribution in [0.2, 0.25) is 10.0 Å². The van der Waals surface area contributed by atoms with E-state index in [2.05, 4.69) is 27.5 Å². The van der Waals surface area contributed by atoms with Gasteiger partial charge in [-0.1, -0.05) is 41.4 Å². The zero-order valence-electron chi connectivity index (χ0n) is 14.8. The smallest absolute Gasteiger partial charge is 0.112 e. The summed E-state index contributed by atoms with van der Waals surface area (Å²) in [6.45, 7) is 0.0241. The fraction of sp³-hybridized carbons (Fsp3) is 0.136. The Kier molecular flexibility index (Phi) is 5.92. The Labute approximate surface area is 187 Å². The summed E-state index contributed by atoms with van der Waals surface area (Å²) in [4.78, 5) is 7.04. The van der Waals surface area contributed by atoms with Crippen LogP contribution in [0, 0.1) is 3.57 Å². The van der Waals surface area contributed by atoms with Crippen molar-refractivity contribution in [3.05, 3.63) is 91.5 Å². The average Bonchev–Trinajstić information content (AvgIpc) is 2.68. The van der Waals surface area contributed by atoms with E-state index in [-0.39, 0.29) is 12.6 Å². The van der Waals surface area contributed by atoms with Gasteiger partial charge in [0, 0.05) is 25.7 Å². The number of hydrogen-bond acceptors (Lipinski definition) is 2. The van der Waals surface area contributed by atoms with Gasteiger partial charge in [0.1, 0.15) is 5.84 Å². The van der Waals surface area contributed by atoms with Gasteiger partial charge in [-0.05, 0) is 82.2 Å². The second kappa shape index (κ2) is 8.41. The van der Waals surface area contributed by atoms with Gasteiger partial charge in [-0.25, -0.2) is 4.99 Å². The summed E-state index contributed by atoms with van der Waals surface area (Å²) < 4.78 is 1.18. The minimum atomic E-state index is 0.0241. The summed E-state index contributed by atoms with van der Waals surface area (Å²) in [5.74, 6) is 0.981. The molecule has 1 unspecified atom stereocenters. The molecule has 1 N–H and O–H groups in total. The zero-order chi connectivity index (χ0) is 19.7. The Balaban J connectivity index is 1.72. The molecule has 3 aromatic rings. The number of rotatable bonds is 4. The Morgan fingerprint density at radius 2 is 1.71 bits per heavy atom. The summed E-state index contributed by atoms with van der Waals surface area (Å²) >= 11 is 14.8. The maximum Gasteiger partial charge on any atom is 0.112 e. The fourth-order valence-electron chi connectivity index (χ4n) is 3.31. The van der Waals surface area contributed by atoms with Crippen molar-refractivity contribution in [2.75, 3.05) is 4.90 Å². The van der Waals surface area contributed by atoms with Crippen LogP contribution in [0.15, 0.2) is 71.7 Å². The lowest BCUT2D eigenvalue weighted by atomic mass is 9.92. The monoisotopic (exact) mass is 522 g/mol. The van der Waals surface area contributed by atoms with Gasteiger partial charge in [-0.2, -0.15) is 0 Å². The second-order valence-electron chi connectivity index (χ2n) is 6.58. The molecule has 1 atom stereocenters. The number of aliphatic imine (C=N–C) groups is 1. The molecule has 0 amide bonds. The van der Waals surface area contributed by atoms with Gasteiger partial charge >= 0.3 is 0 Å². The second-order valence-corrected chi connectivity index (χ2v) is 8.67. The van der Waals surface area contributed by atoms with Crippen molar-refractivity contribution < 1.29 is 5.11 Å². The van der Waals surface area contributed by atoms with Gasteiger partial charge in [0.25, 0.3) is 0 Å². The van der Waals surface area contributed by atoms with E-state index in [1.54, 1.807) is 6.07 Å². The van der Waals surface area contributed by atoms with Crippen LogP contribution in [0.3, 0.4) is 0 Å². The number of aliphatic hydroxyl groups excluding tert-OH is 1. The Morgan fingerprint density at radius 1 is 1.00 bits per heavy atom. The Bertz CT molecular complexity index is 1020. The molecule has 1 aliphatic rings. The van der Waals surface area contributed by atoms with Gasteiger partial charge in [-0.15, -0.1) is 0 Å². The molecule has 6 heteroatoms. The molecule has 142 valence electrons. The summed E-state index contributed by atoms with van der Waals surface area (Å²) in [7, 11) is 0. The van der Waals surface area contributed by atoms with Crippen LogP contribution < -0.4 is 4.90 Å². The van der Waals surface area contributed by atoms with Crippen LogP contribution in [0.1, 0.15) is 23.6 Å². The minimum Gasteiger partial charge on any atom is -0.392 e. The molecule has 1 aliphatic heterocycles. The van der Waals surface area contributed by atoms with Gasteiger partial charge in [-0.3, -0.25) is 0 Å². The quantitative estimate of drug-likeness (QED) is 0.384. The third kappa shape index (κ3) is 4.06. The van der Waals surface area contributed by atoms with Crippen LogP contribution in [0.4, 0.5) is 11.4 Å². The van der Waals surface area contributed by atoms with E-state index in [1.807, 2.05) is 60.7 Å². The molecular formula is C22H17Cl2IN2O. The highest BCUT2D eigenvalue weighted by atomic mass is 127. The zero-order valence-corrected chi connectivity index (χ0v) is 18.5. The largest absolute Gasteiger partial charge is 0.392 e. The number of hydrogen-bond donors (Lipinski definition) is 1. The fourth-order valence-corrected chi connectivity index (χ4v) is 4.20. The van der Waals surface area contributed by atoms with Gasteiger partial charge < -0.3 is 10.0 Å². The first-order valence-corrected chi connectivity index (χ1v) is 10.7. The van der Waals surface area contributed by atoms with Crippen molar-refractivity contribution in [2.45, 2.75) is 19.1 Å². The molecule has 1 fully saturated rings. The number of amidine groups is 1. The van der Waals surface area contributed by atoms with Gasteiger partial charge in [0.05, 0.1) is 18.3 Å². The van der Waals surface area contributed by atoms with E-state index in [0.29, 0.717) is 10.0 Å². The molecular weight excluding hydrogens is 506 g/mol. The normalized spacial score (nSPS) is 17.6. The topological polar surface area (TPSA) is 35.8 Å². The van der Waals surface area contributed by atoms with E-state index in [0.717, 1.165) is 34.8 Å². The van der Waals surface area contributed by atoms with Crippen LogP contribution in [0.25, 0.3) is 0 Å². The van der Waals surface area contributed by atoms with Crippen molar-refractivity contribution in [3.8, 4) is 0 Å². The van der Waals surface area contributed by atoms with E-state index < -0.39 is 0 Å². The predicted octanol–water partition coefficient (Wildman–Crippen LogP) is 6.77. The minimum absolute atomic E-state index is 0.0241. The van der Waals surface area contributed by atoms with E-state index in [4.69, 9.17) is 28.2 Å². The molecule has 1 saturated heterocycles. The van der Waals surface area contributed by atoms with Crippen molar-refractivity contribution in [1.82, 2.24) is 0 Å². The van der Waals surface area contributed by atoms with Crippen molar-refractivity contribution in [2.24, 2.45) is 4.99 Å². The molecule has 4 rings (SSSR count). The van der Waals surface area contributed by atoms with Gasteiger partial charge in [0.15, 0.2) is 0 Å². The average molecular weight is 523 g/mol. The van der Waals surface area contributed by atoms with Crippen LogP contribution in [-0.2, 0) is 6.61 Å². The summed E-state index contributed by atoms with van der Waals surface area (Å²) in [6, 6.07) is 21.7. The van der Waals surface area contributed by atoms with E-state index in [1.165, 1.54) is 3.57 Å². The standard InChI is InChI=1S/C22H17Cl2IN2O/c23-15-3-10-19(20(24)11-15)21-12-22(26-17-6-4-16(25)5-7-17)27(21)18-8-1-14(13-28)2-9-18/h1-11,21,28H,12-13H2. The molecule has 0 aromatic heterocycles. The predicted molar refractivity (Wildman–Crippen MR) is 125 cm³/mol. The number of benzene rings is 3. The number of nitrogens with zero attached hydrogens (tertiary/aromatic N) is 2. The number of halogens is 3. The maximum absolute atomic E-state index is 9.33. The van der Waals surface area contributed by atoms with Crippen LogP contribution in [0.5, 0.6) is 0 Å². The van der Waals surface area contributed by atoms with Crippen LogP contribution in [-0.4, -0.2) is 10.9 Å². The molecule has 1 heterocycles. The molecule has 0 radical (unpaired) electrons. The van der Waals surface area contributed by atoms with Crippen molar-refractivity contribution in [3.63, 3.8) is 0 Å². The lowest BCUT2D eigenvalue weighted by molar-refractivity contribution is 0.282. The lowest BCUT2D eigenvalue weighted by Crippen LogP contribution is -2.46. The number of anilines is 1. The van der Waals surface area contributed by atoms with Gasteiger partial charge in [0.2, 0.25) is 0 Å². The molecule has 0 spiro atoms. The lowest BCUT2D eigenvalue weighted by Gasteiger charge is -2.44. The third-order valence-corrected chi connectivity index (χ3v) is 6.05. The van der Waals surface area contributed by atoms with Crippen molar-refractivity contribution >= 4 is 63.0 Å². The van der Waals surface area contributed by atoms with Crippen LogP contribution >= 0.6 is 45.8 Å². The maximum atomic E-state index is 9.33. The Hall–Kier alpha value is -1.60. The Morgan fingerprint density at radius 3 is 2.36 bits per heavy atom. The highest BCUT2D eigenvalue weighted by molar-refractivity contribution is 14.1. The first-order valence-electron chi connectivity index (χ1n) is 8.82.